The molecular formula is C30H27N3O3S2. The zero-order chi connectivity index (χ0) is 26.1. The minimum atomic E-state index is -0.611. The van der Waals surface area contributed by atoms with Gasteiger partial charge in [-0.15, -0.1) is 11.3 Å². The highest BCUT2D eigenvalue weighted by Gasteiger charge is 2.35. The maximum Gasteiger partial charge on any atom is 0.338 e. The molecule has 0 N–H and O–H groups in total. The Bertz CT molecular complexity index is 1660. The molecule has 1 fully saturated rings. The van der Waals surface area contributed by atoms with Crippen molar-refractivity contribution in [3.63, 3.8) is 0 Å². The van der Waals surface area contributed by atoms with Gasteiger partial charge in [0.2, 0.25) is 0 Å². The zero-order valence-corrected chi connectivity index (χ0v) is 22.6. The lowest BCUT2D eigenvalue weighted by molar-refractivity contribution is -0.138. The van der Waals surface area contributed by atoms with Gasteiger partial charge in [-0.3, -0.25) is 9.36 Å². The summed E-state index contributed by atoms with van der Waals surface area (Å²) in [6, 6.07) is 21.3. The summed E-state index contributed by atoms with van der Waals surface area (Å²) in [4.78, 5) is 36.0. The number of hydrogen-bond donors (Lipinski definition) is 0. The molecule has 2 aliphatic rings. The molecule has 0 amide bonds. The first kappa shape index (κ1) is 24.6. The van der Waals surface area contributed by atoms with Crippen molar-refractivity contribution in [1.82, 2.24) is 4.57 Å². The summed E-state index contributed by atoms with van der Waals surface area (Å²) in [5, 5.41) is 1.96. The van der Waals surface area contributed by atoms with Crippen molar-refractivity contribution < 1.29 is 9.53 Å². The van der Waals surface area contributed by atoms with Gasteiger partial charge in [0.05, 0.1) is 22.4 Å². The van der Waals surface area contributed by atoms with Gasteiger partial charge < -0.3 is 9.64 Å². The molecule has 1 saturated heterocycles. The molecule has 0 aliphatic carbocycles. The third-order valence-corrected chi connectivity index (χ3v) is 8.76. The lowest BCUT2D eigenvalue weighted by Gasteiger charge is -2.24. The molecule has 0 spiro atoms. The van der Waals surface area contributed by atoms with Gasteiger partial charge in [0.15, 0.2) is 4.80 Å². The van der Waals surface area contributed by atoms with Gasteiger partial charge in [-0.25, -0.2) is 9.79 Å². The van der Waals surface area contributed by atoms with Crippen LogP contribution in [0.15, 0.2) is 87.5 Å². The van der Waals surface area contributed by atoms with Gasteiger partial charge in [0, 0.05) is 29.2 Å². The van der Waals surface area contributed by atoms with Gasteiger partial charge in [-0.2, -0.15) is 0 Å². The van der Waals surface area contributed by atoms with Crippen LogP contribution >= 0.6 is 22.7 Å². The van der Waals surface area contributed by atoms with Crippen LogP contribution < -0.4 is 19.8 Å². The molecule has 4 aromatic rings. The predicted molar refractivity (Wildman–Crippen MR) is 153 cm³/mol. The van der Waals surface area contributed by atoms with E-state index in [9.17, 15) is 9.59 Å². The van der Waals surface area contributed by atoms with E-state index in [0.29, 0.717) is 20.6 Å². The van der Waals surface area contributed by atoms with E-state index in [-0.39, 0.29) is 12.2 Å². The van der Waals surface area contributed by atoms with Gasteiger partial charge in [-0.05, 0) is 55.0 Å². The lowest BCUT2D eigenvalue weighted by atomic mass is 9.97. The van der Waals surface area contributed by atoms with Crippen molar-refractivity contribution in [2.45, 2.75) is 25.8 Å². The number of nitrogens with zero attached hydrogens (tertiary/aromatic N) is 3. The first-order valence-corrected chi connectivity index (χ1v) is 14.5. The number of rotatable bonds is 6. The van der Waals surface area contributed by atoms with Crippen LogP contribution in [-0.4, -0.2) is 30.2 Å². The normalized spacial score (nSPS) is 17.4. The monoisotopic (exact) mass is 541 g/mol. The van der Waals surface area contributed by atoms with Gasteiger partial charge in [0.1, 0.15) is 6.04 Å². The van der Waals surface area contributed by atoms with Gasteiger partial charge >= 0.3 is 5.97 Å². The Morgan fingerprint density at radius 2 is 1.82 bits per heavy atom. The van der Waals surface area contributed by atoms with E-state index in [1.807, 2.05) is 53.9 Å². The number of thiophene rings is 1. The molecule has 0 unspecified atom stereocenters. The van der Waals surface area contributed by atoms with E-state index >= 15 is 0 Å². The maximum absolute atomic E-state index is 13.9. The van der Waals surface area contributed by atoms with E-state index < -0.39 is 12.0 Å². The topological polar surface area (TPSA) is 63.9 Å². The van der Waals surface area contributed by atoms with E-state index in [1.165, 1.54) is 41.2 Å². The molecule has 2 aliphatic heterocycles. The van der Waals surface area contributed by atoms with E-state index in [2.05, 4.69) is 29.2 Å². The molecule has 1 atom stereocenters. The first-order chi connectivity index (χ1) is 18.6. The number of benzene rings is 2. The van der Waals surface area contributed by atoms with Gasteiger partial charge in [-0.1, -0.05) is 59.9 Å². The minimum absolute atomic E-state index is 0.162. The number of carbonyl (C=O) groups excluding carboxylic acids is 1. The summed E-state index contributed by atoms with van der Waals surface area (Å²) < 4.78 is 7.73. The highest BCUT2D eigenvalue weighted by molar-refractivity contribution is 7.10. The van der Waals surface area contributed by atoms with Crippen molar-refractivity contribution >= 4 is 46.1 Å². The summed E-state index contributed by atoms with van der Waals surface area (Å²) >= 11 is 2.86. The molecule has 2 aromatic heterocycles. The van der Waals surface area contributed by atoms with Crippen LogP contribution in [0.4, 0.5) is 5.69 Å². The Morgan fingerprint density at radius 3 is 2.50 bits per heavy atom. The Hall–Kier alpha value is -3.75. The highest BCUT2D eigenvalue weighted by Crippen LogP contribution is 2.36. The SMILES string of the molecule is CCOC(=O)C1=C(c2ccccc2)N=c2s/c(=C/c3ccc(N4CCCC4)cc3)c(=O)n2[C@H]1c1cccs1. The number of aromatic nitrogens is 1. The van der Waals surface area contributed by atoms with Crippen LogP contribution in [-0.2, 0) is 9.53 Å². The van der Waals surface area contributed by atoms with Crippen molar-refractivity contribution in [3.05, 3.63) is 113 Å². The van der Waals surface area contributed by atoms with Crippen molar-refractivity contribution in [1.29, 1.82) is 0 Å². The molecule has 192 valence electrons. The largest absolute Gasteiger partial charge is 0.463 e. The summed E-state index contributed by atoms with van der Waals surface area (Å²) in [6.45, 7) is 4.20. The third kappa shape index (κ3) is 4.54. The maximum atomic E-state index is 13.9. The fourth-order valence-corrected chi connectivity index (χ4v) is 6.89. The molecule has 6 nitrogen and oxygen atoms in total. The minimum Gasteiger partial charge on any atom is -0.463 e. The van der Waals surface area contributed by atoms with Crippen LogP contribution in [0.3, 0.4) is 0 Å². The molecule has 4 heterocycles. The van der Waals surface area contributed by atoms with E-state index in [0.717, 1.165) is 29.1 Å². The van der Waals surface area contributed by atoms with Crippen LogP contribution in [0.1, 0.15) is 41.8 Å². The summed E-state index contributed by atoms with van der Waals surface area (Å²) in [7, 11) is 0. The standard InChI is InChI=1S/C30H27N3O3S2/c1-2-36-29(35)25-26(21-9-4-3-5-10-21)31-30-33(27(25)23-11-8-18-37-23)28(34)24(38-30)19-20-12-14-22(15-13-20)32-16-6-7-17-32/h3-5,8-15,18-19,27H,2,6-7,16-17H2,1H3/b24-19+/t27-/m0/s1. The number of hydrogen-bond acceptors (Lipinski definition) is 7. The Balaban J connectivity index is 1.52. The lowest BCUT2D eigenvalue weighted by Crippen LogP contribution is -2.39. The molecular weight excluding hydrogens is 514 g/mol. The third-order valence-electron chi connectivity index (χ3n) is 6.85. The molecule has 6 rings (SSSR count). The second-order valence-electron chi connectivity index (χ2n) is 9.23. The number of thiazole rings is 1. The quantitative estimate of drug-likeness (QED) is 0.335. The Labute approximate surface area is 228 Å². The van der Waals surface area contributed by atoms with Gasteiger partial charge in [0.25, 0.3) is 5.56 Å². The fourth-order valence-electron chi connectivity index (χ4n) is 5.06. The van der Waals surface area contributed by atoms with Crippen molar-refractivity contribution in [2.24, 2.45) is 4.99 Å². The predicted octanol–water partition coefficient (Wildman–Crippen LogP) is 4.60. The molecule has 0 radical (unpaired) electrons. The Kier molecular flexibility index (Phi) is 6.82. The average Bonchev–Trinajstić information content (AvgIpc) is 3.72. The second-order valence-corrected chi connectivity index (χ2v) is 11.2. The number of carbonyl (C=O) groups is 1. The molecule has 0 bridgehead atoms. The fraction of sp³-hybridized carbons (Fsp3) is 0.233. The molecule has 8 heteroatoms. The van der Waals surface area contributed by atoms with Crippen molar-refractivity contribution in [2.75, 3.05) is 24.6 Å². The number of esters is 1. The van der Waals surface area contributed by atoms with Crippen LogP contribution in [0, 0.1) is 0 Å². The summed E-state index contributed by atoms with van der Waals surface area (Å²) in [5.74, 6) is -0.458. The smallest absolute Gasteiger partial charge is 0.338 e. The number of fused-ring (bicyclic) bond motifs is 1. The van der Waals surface area contributed by atoms with Crippen LogP contribution in [0.5, 0.6) is 0 Å². The average molecular weight is 542 g/mol. The number of ether oxygens (including phenoxy) is 1. The summed E-state index contributed by atoms with van der Waals surface area (Å²) in [5.41, 5.74) is 3.75. The van der Waals surface area contributed by atoms with Crippen LogP contribution in [0.25, 0.3) is 11.8 Å². The van der Waals surface area contributed by atoms with E-state index in [4.69, 9.17) is 9.73 Å². The Morgan fingerprint density at radius 1 is 1.05 bits per heavy atom. The second kappa shape index (κ2) is 10.6. The first-order valence-electron chi connectivity index (χ1n) is 12.8. The van der Waals surface area contributed by atoms with Crippen molar-refractivity contribution in [3.8, 4) is 0 Å². The van der Waals surface area contributed by atoms with E-state index in [1.54, 1.807) is 11.5 Å². The number of anilines is 1. The van der Waals surface area contributed by atoms with Crippen LogP contribution in [0.2, 0.25) is 0 Å². The molecule has 2 aromatic carbocycles. The highest BCUT2D eigenvalue weighted by atomic mass is 32.1. The summed E-state index contributed by atoms with van der Waals surface area (Å²) in [6.07, 6.45) is 4.37. The zero-order valence-electron chi connectivity index (χ0n) is 21.0. The molecule has 0 saturated carbocycles. The molecule has 38 heavy (non-hydrogen) atoms.